The van der Waals surface area contributed by atoms with Crippen LogP contribution in [-0.4, -0.2) is 26.8 Å². The van der Waals surface area contributed by atoms with Crippen LogP contribution in [0.5, 0.6) is 0 Å². The van der Waals surface area contributed by atoms with Gasteiger partial charge in [-0.25, -0.2) is 4.98 Å². The zero-order valence-corrected chi connectivity index (χ0v) is 16.1. The summed E-state index contributed by atoms with van der Waals surface area (Å²) in [6.45, 7) is 0. The summed E-state index contributed by atoms with van der Waals surface area (Å²) in [6, 6.07) is 11.2. The van der Waals surface area contributed by atoms with Crippen molar-refractivity contribution in [2.75, 3.05) is 11.1 Å². The molecule has 1 N–H and O–H groups in total. The highest BCUT2D eigenvalue weighted by Crippen LogP contribution is 2.38. The van der Waals surface area contributed by atoms with Crippen LogP contribution in [-0.2, 0) is 4.79 Å². The van der Waals surface area contributed by atoms with Crippen molar-refractivity contribution in [1.82, 2.24) is 15.1 Å². The van der Waals surface area contributed by atoms with Crippen LogP contribution in [0.3, 0.4) is 0 Å². The number of benzene rings is 1. The van der Waals surface area contributed by atoms with Gasteiger partial charge in [0.05, 0.1) is 16.3 Å². The molecule has 3 aromatic rings. The van der Waals surface area contributed by atoms with Crippen molar-refractivity contribution in [3.8, 4) is 11.5 Å². The number of nitrogens with zero attached hydrogens (tertiary/aromatic N) is 3. The van der Waals surface area contributed by atoms with Gasteiger partial charge in [-0.1, -0.05) is 32.8 Å². The number of amides is 1. The topological polar surface area (TPSA) is 80.9 Å². The first-order valence-electron chi connectivity index (χ1n) is 8.15. The lowest BCUT2D eigenvalue weighted by Crippen LogP contribution is -2.13. The molecule has 132 valence electrons. The van der Waals surface area contributed by atoms with Gasteiger partial charge in [0, 0.05) is 22.3 Å². The molecule has 0 atom stereocenters. The summed E-state index contributed by atoms with van der Waals surface area (Å²) in [5, 5.41) is 7.63. The minimum absolute atomic E-state index is 0.0748. The lowest BCUT2D eigenvalue weighted by Gasteiger charge is -2.05. The third kappa shape index (κ3) is 4.31. The Morgan fingerprint density at radius 2 is 2.04 bits per heavy atom. The zero-order valence-electron chi connectivity index (χ0n) is 13.7. The predicted molar refractivity (Wildman–Crippen MR) is 103 cm³/mol. The van der Waals surface area contributed by atoms with Gasteiger partial charge in [0.2, 0.25) is 5.91 Å². The Balaban J connectivity index is 1.32. The molecule has 0 spiro atoms. The average molecular weight is 431 g/mol. The van der Waals surface area contributed by atoms with Crippen LogP contribution in [0.1, 0.15) is 24.6 Å². The van der Waals surface area contributed by atoms with Crippen LogP contribution in [0, 0.1) is 0 Å². The Bertz CT molecular complexity index is 908. The Hall–Kier alpha value is -2.19. The number of pyridine rings is 1. The van der Waals surface area contributed by atoms with Gasteiger partial charge in [-0.3, -0.25) is 4.79 Å². The van der Waals surface area contributed by atoms with Crippen molar-refractivity contribution >= 4 is 39.3 Å². The third-order valence-electron chi connectivity index (χ3n) is 3.85. The standard InChI is InChI=1S/C18H15BrN4O2S/c19-13-4-6-14(7-5-13)21-15(24)10-26-16-8-3-12(9-20-16)18-22-17(23-25-18)11-1-2-11/h3-9,11H,1-2,10H2,(H,21,24). The smallest absolute Gasteiger partial charge is 0.259 e. The van der Waals surface area contributed by atoms with Gasteiger partial charge < -0.3 is 9.84 Å². The van der Waals surface area contributed by atoms with Crippen molar-refractivity contribution < 1.29 is 9.32 Å². The van der Waals surface area contributed by atoms with E-state index >= 15 is 0 Å². The minimum atomic E-state index is -0.0748. The predicted octanol–water partition coefficient (Wildman–Crippen LogP) is 4.50. The second kappa shape index (κ2) is 7.59. The van der Waals surface area contributed by atoms with Crippen molar-refractivity contribution in [3.63, 3.8) is 0 Å². The van der Waals surface area contributed by atoms with E-state index in [1.165, 1.54) is 11.8 Å². The van der Waals surface area contributed by atoms with Crippen LogP contribution in [0.2, 0.25) is 0 Å². The van der Waals surface area contributed by atoms with E-state index in [4.69, 9.17) is 4.52 Å². The Morgan fingerprint density at radius 3 is 2.73 bits per heavy atom. The molecule has 1 aliphatic rings. The summed E-state index contributed by atoms with van der Waals surface area (Å²) in [4.78, 5) is 20.8. The number of hydrogen-bond acceptors (Lipinski definition) is 6. The molecule has 0 bridgehead atoms. The number of aromatic nitrogens is 3. The molecular formula is C18H15BrN4O2S. The highest BCUT2D eigenvalue weighted by atomic mass is 79.9. The maximum absolute atomic E-state index is 12.0. The van der Waals surface area contributed by atoms with E-state index in [1.807, 2.05) is 36.4 Å². The number of hydrogen-bond donors (Lipinski definition) is 1. The molecule has 0 unspecified atom stereocenters. The summed E-state index contributed by atoms with van der Waals surface area (Å²) in [7, 11) is 0. The quantitative estimate of drug-likeness (QED) is 0.579. The fourth-order valence-corrected chi connectivity index (χ4v) is 3.23. The third-order valence-corrected chi connectivity index (χ3v) is 5.32. The molecule has 1 saturated carbocycles. The summed E-state index contributed by atoms with van der Waals surface area (Å²) in [6.07, 6.45) is 3.96. The average Bonchev–Trinajstić information content (AvgIpc) is 3.39. The molecule has 2 aromatic heterocycles. The molecular weight excluding hydrogens is 416 g/mol. The van der Waals surface area contributed by atoms with Crippen molar-refractivity contribution in [2.24, 2.45) is 0 Å². The monoisotopic (exact) mass is 430 g/mol. The Kier molecular flexibility index (Phi) is 5.03. The van der Waals surface area contributed by atoms with Gasteiger partial charge >= 0.3 is 0 Å². The molecule has 1 fully saturated rings. The summed E-state index contributed by atoms with van der Waals surface area (Å²) in [5.41, 5.74) is 1.55. The zero-order chi connectivity index (χ0) is 17.9. The number of carbonyl (C=O) groups excluding carboxylic acids is 1. The van der Waals surface area contributed by atoms with Crippen LogP contribution in [0.4, 0.5) is 5.69 Å². The number of carbonyl (C=O) groups is 1. The second-order valence-electron chi connectivity index (χ2n) is 5.96. The van der Waals surface area contributed by atoms with E-state index in [2.05, 4.69) is 36.4 Å². The fourth-order valence-electron chi connectivity index (χ4n) is 2.32. The lowest BCUT2D eigenvalue weighted by atomic mass is 10.3. The molecule has 1 amide bonds. The Labute approximate surface area is 162 Å². The molecule has 1 aliphatic carbocycles. The fraction of sp³-hybridized carbons (Fsp3) is 0.222. The SMILES string of the molecule is O=C(CSc1ccc(-c2nc(C3CC3)no2)cn1)Nc1ccc(Br)cc1. The Morgan fingerprint density at radius 1 is 1.23 bits per heavy atom. The number of thioether (sulfide) groups is 1. The highest BCUT2D eigenvalue weighted by molar-refractivity contribution is 9.10. The molecule has 8 heteroatoms. The van der Waals surface area contributed by atoms with Gasteiger partial charge in [0.1, 0.15) is 0 Å². The molecule has 0 saturated heterocycles. The van der Waals surface area contributed by atoms with Crippen molar-refractivity contribution in [2.45, 2.75) is 23.8 Å². The summed E-state index contributed by atoms with van der Waals surface area (Å²) >= 11 is 4.74. The molecule has 1 aromatic carbocycles. The molecule has 4 rings (SSSR count). The normalized spacial score (nSPS) is 13.6. The van der Waals surface area contributed by atoms with E-state index in [0.717, 1.165) is 39.4 Å². The van der Waals surface area contributed by atoms with Crippen LogP contribution >= 0.6 is 27.7 Å². The van der Waals surface area contributed by atoms with Crippen molar-refractivity contribution in [3.05, 3.63) is 52.9 Å². The first-order valence-corrected chi connectivity index (χ1v) is 9.93. The number of halogens is 1. The number of rotatable bonds is 6. The van der Waals surface area contributed by atoms with Gasteiger partial charge in [-0.05, 0) is 49.2 Å². The van der Waals surface area contributed by atoms with E-state index < -0.39 is 0 Å². The molecule has 2 heterocycles. The van der Waals surface area contributed by atoms with Crippen LogP contribution < -0.4 is 5.32 Å². The second-order valence-corrected chi connectivity index (χ2v) is 7.87. The maximum atomic E-state index is 12.0. The van der Waals surface area contributed by atoms with E-state index in [0.29, 0.717) is 11.8 Å². The van der Waals surface area contributed by atoms with Gasteiger partial charge in [0.15, 0.2) is 5.82 Å². The first-order chi connectivity index (χ1) is 12.7. The van der Waals surface area contributed by atoms with Crippen molar-refractivity contribution in [1.29, 1.82) is 0 Å². The highest BCUT2D eigenvalue weighted by Gasteiger charge is 2.29. The van der Waals surface area contributed by atoms with Gasteiger partial charge in [0.25, 0.3) is 5.89 Å². The minimum Gasteiger partial charge on any atom is -0.334 e. The molecule has 6 nitrogen and oxygen atoms in total. The summed E-state index contributed by atoms with van der Waals surface area (Å²) in [5.74, 6) is 1.94. The summed E-state index contributed by atoms with van der Waals surface area (Å²) < 4.78 is 6.26. The number of anilines is 1. The largest absolute Gasteiger partial charge is 0.334 e. The van der Waals surface area contributed by atoms with Crippen LogP contribution in [0.25, 0.3) is 11.5 Å². The maximum Gasteiger partial charge on any atom is 0.259 e. The van der Waals surface area contributed by atoms with E-state index in [-0.39, 0.29) is 11.7 Å². The van der Waals surface area contributed by atoms with Gasteiger partial charge in [-0.2, -0.15) is 4.98 Å². The molecule has 0 radical (unpaired) electrons. The van der Waals surface area contributed by atoms with E-state index in [9.17, 15) is 4.79 Å². The van der Waals surface area contributed by atoms with Crippen LogP contribution in [0.15, 0.2) is 56.6 Å². The van der Waals surface area contributed by atoms with Gasteiger partial charge in [-0.15, -0.1) is 0 Å². The molecule has 0 aliphatic heterocycles. The first kappa shape index (κ1) is 17.2. The molecule has 26 heavy (non-hydrogen) atoms. The lowest BCUT2D eigenvalue weighted by molar-refractivity contribution is -0.113. The number of nitrogens with one attached hydrogen (secondary N) is 1. The van der Waals surface area contributed by atoms with E-state index in [1.54, 1.807) is 6.20 Å².